The van der Waals surface area contributed by atoms with E-state index >= 15 is 0 Å². The lowest BCUT2D eigenvalue weighted by Gasteiger charge is -2.17. The van der Waals surface area contributed by atoms with Crippen LogP contribution in [0, 0.1) is 10.8 Å². The van der Waals surface area contributed by atoms with E-state index < -0.39 is 5.97 Å². The third kappa shape index (κ3) is 6.10. The van der Waals surface area contributed by atoms with E-state index in [-0.39, 0.29) is 24.8 Å². The lowest BCUT2D eigenvalue weighted by molar-refractivity contribution is -0.141. The van der Waals surface area contributed by atoms with Gasteiger partial charge in [0.25, 0.3) is 0 Å². The number of ether oxygens (including phenoxy) is 1. The molecule has 0 unspecified atom stereocenters. The number of carbonyl (C=O) groups is 2. The normalized spacial score (nSPS) is 10.5. The summed E-state index contributed by atoms with van der Waals surface area (Å²) in [6, 6.07) is 14.7. The topological polar surface area (TPSA) is 151 Å². The number of nitrogens with one attached hydrogen (secondary N) is 2. The van der Waals surface area contributed by atoms with Gasteiger partial charge < -0.3 is 25.7 Å². The van der Waals surface area contributed by atoms with Gasteiger partial charge in [-0.3, -0.25) is 20.4 Å². The standard InChI is InChI=1S/C25H28N6O3/c1-2-34-23(33)15-31(16-32)22-14-30(12-18-4-3-5-20(11-18)25(28)29)13-21(22)10-17-6-8-19(9-7-17)24(26)27/h3-9,11,13-14,16H,2,10,12,15H2,1H3,(H3,26,27)(H3,28,29). The summed E-state index contributed by atoms with van der Waals surface area (Å²) >= 11 is 0. The summed E-state index contributed by atoms with van der Waals surface area (Å²) in [4.78, 5) is 25.3. The molecule has 1 amide bonds. The first-order valence-corrected chi connectivity index (χ1v) is 10.7. The summed E-state index contributed by atoms with van der Waals surface area (Å²) in [6.07, 6.45) is 4.86. The molecule has 0 radical (unpaired) electrons. The first-order chi connectivity index (χ1) is 16.3. The molecule has 2 aromatic carbocycles. The van der Waals surface area contributed by atoms with E-state index in [9.17, 15) is 9.59 Å². The molecule has 0 aliphatic carbocycles. The maximum Gasteiger partial charge on any atom is 0.326 e. The van der Waals surface area contributed by atoms with Crippen LogP contribution < -0.4 is 16.4 Å². The second kappa shape index (κ2) is 11.0. The van der Waals surface area contributed by atoms with Gasteiger partial charge in [-0.1, -0.05) is 42.5 Å². The van der Waals surface area contributed by atoms with Gasteiger partial charge in [-0.25, -0.2) is 0 Å². The highest BCUT2D eigenvalue weighted by atomic mass is 16.5. The first-order valence-electron chi connectivity index (χ1n) is 10.7. The lowest BCUT2D eigenvalue weighted by Crippen LogP contribution is -2.30. The molecule has 0 aliphatic rings. The molecule has 6 N–H and O–H groups in total. The summed E-state index contributed by atoms with van der Waals surface area (Å²) in [5.74, 6) is -0.507. The van der Waals surface area contributed by atoms with Crippen LogP contribution in [0.15, 0.2) is 60.9 Å². The predicted octanol–water partition coefficient (Wildman–Crippen LogP) is 2.22. The fourth-order valence-electron chi connectivity index (χ4n) is 3.62. The van der Waals surface area contributed by atoms with Crippen LogP contribution in [0.1, 0.15) is 34.7 Å². The number of amidine groups is 2. The molecule has 1 aromatic heterocycles. The average molecular weight is 461 g/mol. The Labute approximate surface area is 197 Å². The zero-order chi connectivity index (χ0) is 24.7. The minimum Gasteiger partial charge on any atom is -0.465 e. The van der Waals surface area contributed by atoms with Crippen molar-refractivity contribution in [2.24, 2.45) is 11.5 Å². The summed E-state index contributed by atoms with van der Waals surface area (Å²) < 4.78 is 6.94. The molecule has 1 heterocycles. The van der Waals surface area contributed by atoms with Crippen molar-refractivity contribution in [3.63, 3.8) is 0 Å². The summed E-state index contributed by atoms with van der Waals surface area (Å²) in [6.45, 7) is 2.24. The predicted molar refractivity (Wildman–Crippen MR) is 131 cm³/mol. The van der Waals surface area contributed by atoms with E-state index in [1.54, 1.807) is 25.1 Å². The summed E-state index contributed by atoms with van der Waals surface area (Å²) in [7, 11) is 0. The largest absolute Gasteiger partial charge is 0.465 e. The Morgan fingerprint density at radius 1 is 1.03 bits per heavy atom. The quantitative estimate of drug-likeness (QED) is 0.150. The number of carbonyl (C=O) groups excluding carboxylic acids is 2. The monoisotopic (exact) mass is 460 g/mol. The fourth-order valence-corrected chi connectivity index (χ4v) is 3.62. The van der Waals surface area contributed by atoms with Crippen LogP contribution in [0.2, 0.25) is 0 Å². The number of amides is 1. The fraction of sp³-hybridized carbons (Fsp3) is 0.200. The van der Waals surface area contributed by atoms with E-state index in [1.807, 2.05) is 47.3 Å². The number of hydrogen-bond donors (Lipinski definition) is 4. The molecule has 3 rings (SSSR count). The number of hydrogen-bond acceptors (Lipinski definition) is 5. The smallest absolute Gasteiger partial charge is 0.326 e. The molecule has 9 heteroatoms. The highest BCUT2D eigenvalue weighted by molar-refractivity contribution is 5.95. The first kappa shape index (κ1) is 24.2. The van der Waals surface area contributed by atoms with Crippen LogP contribution in [0.4, 0.5) is 5.69 Å². The zero-order valence-corrected chi connectivity index (χ0v) is 19.0. The molecule has 0 aliphatic heterocycles. The van der Waals surface area contributed by atoms with Gasteiger partial charge in [0.1, 0.15) is 18.2 Å². The van der Waals surface area contributed by atoms with Crippen LogP contribution in [0.3, 0.4) is 0 Å². The van der Waals surface area contributed by atoms with Gasteiger partial charge in [0.2, 0.25) is 6.41 Å². The molecule has 0 atom stereocenters. The van der Waals surface area contributed by atoms with Crippen molar-refractivity contribution < 1.29 is 14.3 Å². The minimum atomic E-state index is -0.492. The van der Waals surface area contributed by atoms with Crippen LogP contribution in [-0.2, 0) is 27.3 Å². The summed E-state index contributed by atoms with van der Waals surface area (Å²) in [5, 5.41) is 15.2. The van der Waals surface area contributed by atoms with E-state index in [4.69, 9.17) is 27.0 Å². The number of nitrogens with zero attached hydrogens (tertiary/aromatic N) is 2. The molecule has 0 saturated carbocycles. The molecule has 176 valence electrons. The molecule has 34 heavy (non-hydrogen) atoms. The maximum absolute atomic E-state index is 12.1. The SMILES string of the molecule is CCOC(=O)CN(C=O)c1cn(Cc2cccc(C(=N)N)c2)cc1Cc1ccc(C(=N)N)cc1. The van der Waals surface area contributed by atoms with Crippen molar-refractivity contribution in [3.8, 4) is 0 Å². The minimum absolute atomic E-state index is 0.00671. The van der Waals surface area contributed by atoms with Crippen molar-refractivity contribution in [2.75, 3.05) is 18.1 Å². The second-order valence-corrected chi connectivity index (χ2v) is 7.78. The number of nitrogens with two attached hydrogens (primary N) is 2. The molecule has 3 aromatic rings. The van der Waals surface area contributed by atoms with Crippen LogP contribution in [0.25, 0.3) is 0 Å². The van der Waals surface area contributed by atoms with Crippen molar-refractivity contribution in [1.82, 2.24) is 4.57 Å². The van der Waals surface area contributed by atoms with Crippen LogP contribution in [0.5, 0.6) is 0 Å². The molecule has 9 nitrogen and oxygen atoms in total. The van der Waals surface area contributed by atoms with Crippen molar-refractivity contribution in [1.29, 1.82) is 10.8 Å². The number of aromatic nitrogens is 1. The highest BCUT2D eigenvalue weighted by Gasteiger charge is 2.18. The molecule has 0 fully saturated rings. The van der Waals surface area contributed by atoms with Gasteiger partial charge in [0, 0.05) is 36.5 Å². The van der Waals surface area contributed by atoms with Gasteiger partial charge in [0.05, 0.1) is 12.3 Å². The maximum atomic E-state index is 12.1. The van der Waals surface area contributed by atoms with Gasteiger partial charge >= 0.3 is 5.97 Å². The molecule has 0 spiro atoms. The van der Waals surface area contributed by atoms with E-state index in [0.29, 0.717) is 36.2 Å². The third-order valence-electron chi connectivity index (χ3n) is 5.24. The number of esters is 1. The Balaban J connectivity index is 1.94. The Hall–Kier alpha value is -4.40. The van der Waals surface area contributed by atoms with E-state index in [2.05, 4.69) is 0 Å². The number of anilines is 1. The van der Waals surface area contributed by atoms with Gasteiger partial charge in [-0.2, -0.15) is 0 Å². The Morgan fingerprint density at radius 3 is 2.35 bits per heavy atom. The summed E-state index contributed by atoms with van der Waals surface area (Å²) in [5.41, 5.74) is 15.8. The Morgan fingerprint density at radius 2 is 1.74 bits per heavy atom. The lowest BCUT2D eigenvalue weighted by atomic mass is 10.0. The van der Waals surface area contributed by atoms with E-state index in [0.717, 1.165) is 16.7 Å². The highest BCUT2D eigenvalue weighted by Crippen LogP contribution is 2.25. The van der Waals surface area contributed by atoms with Gasteiger partial charge in [-0.05, 0) is 29.7 Å². The Kier molecular flexibility index (Phi) is 7.81. The average Bonchev–Trinajstić information content (AvgIpc) is 3.19. The van der Waals surface area contributed by atoms with Crippen LogP contribution >= 0.6 is 0 Å². The van der Waals surface area contributed by atoms with Crippen molar-refractivity contribution in [2.45, 2.75) is 19.9 Å². The van der Waals surface area contributed by atoms with E-state index in [1.165, 1.54) is 4.90 Å². The number of benzene rings is 2. The molecule has 0 bridgehead atoms. The number of nitrogen functional groups attached to an aromatic ring is 2. The third-order valence-corrected chi connectivity index (χ3v) is 5.24. The van der Waals surface area contributed by atoms with Crippen LogP contribution in [-0.4, -0.2) is 41.8 Å². The van der Waals surface area contributed by atoms with Gasteiger partial charge in [-0.15, -0.1) is 0 Å². The second-order valence-electron chi connectivity index (χ2n) is 7.78. The van der Waals surface area contributed by atoms with Crippen molar-refractivity contribution in [3.05, 3.63) is 88.7 Å². The zero-order valence-electron chi connectivity index (χ0n) is 19.0. The number of rotatable bonds is 11. The molecular formula is C25H28N6O3. The van der Waals surface area contributed by atoms with Crippen molar-refractivity contribution >= 4 is 29.7 Å². The van der Waals surface area contributed by atoms with Gasteiger partial charge in [0.15, 0.2) is 0 Å². The Bertz CT molecular complexity index is 1200. The molecular weight excluding hydrogens is 432 g/mol. The molecule has 0 saturated heterocycles.